The van der Waals surface area contributed by atoms with Gasteiger partial charge in [-0.3, -0.25) is 0 Å². The van der Waals surface area contributed by atoms with Gasteiger partial charge < -0.3 is 58.0 Å². The second kappa shape index (κ2) is 19.8. The number of hydrogen-bond donors (Lipinski definition) is 0. The smallest absolute Gasteiger partial charge is 0.846 e. The Kier molecular flexibility index (Phi) is 24.7. The van der Waals surface area contributed by atoms with E-state index in [9.17, 15) is 15.3 Å². The molecule has 3 unspecified atom stereocenters. The van der Waals surface area contributed by atoms with E-state index < -0.39 is 36.2 Å². The van der Waals surface area contributed by atoms with Crippen LogP contribution in [0.25, 0.3) is 0 Å². The second-order valence-electron chi connectivity index (χ2n) is 5.57. The molecule has 3 atom stereocenters. The van der Waals surface area contributed by atoms with E-state index in [0.717, 1.165) is 0 Å². The maximum Gasteiger partial charge on any atom is 3.00 e. The molecule has 186 valence electrons. The summed E-state index contributed by atoms with van der Waals surface area (Å²) in [6.07, 6.45) is -3.23. The molecule has 0 aromatic heterocycles. The molecule has 0 saturated carbocycles. The summed E-state index contributed by atoms with van der Waals surface area (Å²) >= 11 is 0. The SMILES string of the molecule is COC(OC)(OC)C(C)[O-].COC(OC)(OC)C(C)[O-].COC(OC)(OC)C(C)[O-].[In+3]. The Hall–Kier alpha value is 0.390. The molecule has 0 bridgehead atoms. The normalized spacial score (nSPS) is 14.8. The third-order valence-electron chi connectivity index (χ3n) is 4.05. The topological polar surface area (TPSA) is 152 Å². The van der Waals surface area contributed by atoms with Crippen LogP contribution in [0.1, 0.15) is 20.8 Å². The zero-order valence-corrected chi connectivity index (χ0v) is 24.0. The molecule has 0 saturated heterocycles. The molecule has 0 aliphatic heterocycles. The maximum atomic E-state index is 10.9. The van der Waals surface area contributed by atoms with E-state index in [-0.39, 0.29) is 25.8 Å². The van der Waals surface area contributed by atoms with Gasteiger partial charge in [0.15, 0.2) is 0 Å². The summed E-state index contributed by atoms with van der Waals surface area (Å²) in [6.45, 7) is 4.24. The molecule has 0 fully saturated rings. The van der Waals surface area contributed by atoms with Gasteiger partial charge in [-0.25, -0.2) is 0 Å². The first-order chi connectivity index (χ1) is 13.9. The van der Waals surface area contributed by atoms with Crippen LogP contribution >= 0.6 is 0 Å². The van der Waals surface area contributed by atoms with Crippen molar-refractivity contribution < 1.29 is 58.0 Å². The molecule has 0 amide bonds. The molecule has 13 heteroatoms. The Bertz CT molecular complexity index is 302. The van der Waals surface area contributed by atoms with Gasteiger partial charge in [0.1, 0.15) is 0 Å². The fourth-order valence-corrected chi connectivity index (χ4v) is 2.24. The summed E-state index contributed by atoms with van der Waals surface area (Å²) in [5, 5.41) is 32.6. The van der Waals surface area contributed by atoms with Crippen LogP contribution in [0.5, 0.6) is 0 Å². The van der Waals surface area contributed by atoms with E-state index in [1.54, 1.807) is 0 Å². The van der Waals surface area contributed by atoms with Crippen LogP contribution < -0.4 is 15.3 Å². The summed E-state index contributed by atoms with van der Waals surface area (Å²) in [5.74, 6) is -4.29. The second-order valence-corrected chi connectivity index (χ2v) is 5.57. The van der Waals surface area contributed by atoms with Crippen LogP contribution in [0.3, 0.4) is 0 Å². The van der Waals surface area contributed by atoms with Crippen molar-refractivity contribution in [2.45, 2.75) is 57.0 Å². The summed E-state index contributed by atoms with van der Waals surface area (Å²) in [4.78, 5) is 0. The van der Waals surface area contributed by atoms with Gasteiger partial charge in [0.05, 0.1) is 0 Å². The number of ether oxygens (including phenoxy) is 9. The van der Waals surface area contributed by atoms with Gasteiger partial charge in [-0.15, -0.1) is 0 Å². The third-order valence-corrected chi connectivity index (χ3v) is 4.05. The fourth-order valence-electron chi connectivity index (χ4n) is 2.24. The fraction of sp³-hybridized carbons (Fsp3) is 1.00. The summed E-state index contributed by atoms with van der Waals surface area (Å²) in [5.41, 5.74) is 0. The molecule has 0 aromatic carbocycles. The number of rotatable bonds is 12. The van der Waals surface area contributed by atoms with E-state index in [1.807, 2.05) is 0 Å². The summed E-state index contributed by atoms with van der Waals surface area (Å²) < 4.78 is 42.7. The van der Waals surface area contributed by atoms with Crippen molar-refractivity contribution in [3.8, 4) is 0 Å². The molecular weight excluding hydrogens is 523 g/mol. The summed E-state index contributed by atoms with van der Waals surface area (Å²) in [6, 6.07) is 0. The molecule has 12 nitrogen and oxygen atoms in total. The van der Waals surface area contributed by atoms with Gasteiger partial charge in [0.2, 0.25) is 0 Å². The molecule has 0 aromatic rings. The van der Waals surface area contributed by atoms with Crippen molar-refractivity contribution >= 4 is 25.8 Å². The maximum absolute atomic E-state index is 10.9. The van der Waals surface area contributed by atoms with Crippen molar-refractivity contribution in [2.75, 3.05) is 64.0 Å². The molecule has 0 spiro atoms. The Labute approximate surface area is 204 Å². The Balaban J connectivity index is -0.000000174. The van der Waals surface area contributed by atoms with Crippen LogP contribution in [-0.2, 0) is 42.6 Å². The van der Waals surface area contributed by atoms with Crippen molar-refractivity contribution in [3.63, 3.8) is 0 Å². The molecule has 0 heterocycles. The monoisotopic (exact) mass is 562 g/mol. The van der Waals surface area contributed by atoms with Gasteiger partial charge in [-0.1, -0.05) is 20.8 Å². The Morgan fingerprint density at radius 3 is 0.484 bits per heavy atom. The van der Waals surface area contributed by atoms with Crippen molar-refractivity contribution in [2.24, 2.45) is 0 Å². The first-order valence-electron chi connectivity index (χ1n) is 8.82. The summed E-state index contributed by atoms with van der Waals surface area (Å²) in [7, 11) is 12.3. The van der Waals surface area contributed by atoms with Crippen LogP contribution in [0, 0.1) is 0 Å². The molecule has 31 heavy (non-hydrogen) atoms. The minimum absolute atomic E-state index is 0. The standard InChI is InChI=1S/3C6H13O4.In/c3*1-5(7)6(8-2,9-3)10-4;/h3*5H,1-4H3;/q3*-1;+3. The van der Waals surface area contributed by atoms with Crippen molar-refractivity contribution in [1.82, 2.24) is 0 Å². The van der Waals surface area contributed by atoms with Crippen LogP contribution in [0.15, 0.2) is 0 Å². The van der Waals surface area contributed by atoms with E-state index in [1.165, 1.54) is 84.8 Å². The van der Waals surface area contributed by atoms with Gasteiger partial charge >= 0.3 is 25.8 Å². The van der Waals surface area contributed by atoms with Crippen molar-refractivity contribution in [1.29, 1.82) is 0 Å². The Morgan fingerprint density at radius 1 is 0.387 bits per heavy atom. The van der Waals surface area contributed by atoms with Crippen LogP contribution in [0.4, 0.5) is 0 Å². The van der Waals surface area contributed by atoms with Crippen molar-refractivity contribution in [3.05, 3.63) is 0 Å². The van der Waals surface area contributed by atoms with E-state index >= 15 is 0 Å². The van der Waals surface area contributed by atoms with E-state index in [2.05, 4.69) is 0 Å². The van der Waals surface area contributed by atoms with Crippen LogP contribution in [0.2, 0.25) is 0 Å². The average molecular weight is 562 g/mol. The first kappa shape index (κ1) is 38.6. The first-order valence-corrected chi connectivity index (χ1v) is 8.82. The number of methoxy groups -OCH3 is 9. The molecule has 0 N–H and O–H groups in total. The quantitative estimate of drug-likeness (QED) is 0.233. The minimum Gasteiger partial charge on any atom is -0.846 e. The predicted octanol–water partition coefficient (Wildman–Crippen LogP) is -2.40. The molecule has 0 aliphatic carbocycles. The predicted molar refractivity (Wildman–Crippen MR) is 105 cm³/mol. The molecule has 0 rings (SSSR count). The van der Waals surface area contributed by atoms with Gasteiger partial charge in [0, 0.05) is 64.0 Å². The largest absolute Gasteiger partial charge is 3.00 e. The zero-order chi connectivity index (χ0) is 24.6. The third kappa shape index (κ3) is 11.9. The average Bonchev–Trinajstić information content (AvgIpc) is 2.73. The molecular formula is C18H39InO12. The van der Waals surface area contributed by atoms with Gasteiger partial charge in [-0.2, -0.15) is 0 Å². The minimum atomic E-state index is -1.43. The molecule has 0 radical (unpaired) electrons. The molecule has 0 aliphatic rings. The van der Waals surface area contributed by atoms with Crippen LogP contribution in [-0.4, -0.2) is 126 Å². The van der Waals surface area contributed by atoms with E-state index in [4.69, 9.17) is 42.6 Å². The Morgan fingerprint density at radius 2 is 0.484 bits per heavy atom. The van der Waals surface area contributed by atoms with Gasteiger partial charge in [0.25, 0.3) is 17.9 Å². The van der Waals surface area contributed by atoms with Gasteiger partial charge in [-0.05, 0) is 18.3 Å². The van der Waals surface area contributed by atoms with E-state index in [0.29, 0.717) is 0 Å². The zero-order valence-electron chi connectivity index (χ0n) is 20.7. The number of hydrogen-bond acceptors (Lipinski definition) is 12.